The van der Waals surface area contributed by atoms with Crippen molar-refractivity contribution < 1.29 is 0 Å². The van der Waals surface area contributed by atoms with Crippen molar-refractivity contribution in [1.29, 1.82) is 0 Å². The molecule has 0 N–H and O–H groups in total. The van der Waals surface area contributed by atoms with Gasteiger partial charge >= 0.3 is 0 Å². The summed E-state index contributed by atoms with van der Waals surface area (Å²) in [6.07, 6.45) is 16.7. The highest BCUT2D eigenvalue weighted by Gasteiger charge is 2.16. The Labute approximate surface area is 170 Å². The van der Waals surface area contributed by atoms with E-state index in [-0.39, 0.29) is 0 Å². The van der Waals surface area contributed by atoms with E-state index in [1.807, 2.05) is 12.4 Å². The van der Waals surface area contributed by atoms with E-state index in [2.05, 4.69) is 39.8 Å². The Kier molecular flexibility index (Phi) is 7.42. The highest BCUT2D eigenvalue weighted by Crippen LogP contribution is 2.34. The first-order valence-electron chi connectivity index (χ1n) is 11.3. The number of hydrogen-bond donors (Lipinski definition) is 0. The normalized spacial score (nSPS) is 11.6. The summed E-state index contributed by atoms with van der Waals surface area (Å²) >= 11 is 0. The molecule has 0 saturated heterocycles. The minimum atomic E-state index is 1.09. The lowest BCUT2D eigenvalue weighted by Crippen LogP contribution is -2.02. The van der Waals surface area contributed by atoms with Crippen molar-refractivity contribution >= 4 is 21.8 Å². The Morgan fingerprint density at radius 3 is 1.43 bits per heavy atom. The topological polar surface area (TPSA) is 25.8 Å². The van der Waals surface area contributed by atoms with Gasteiger partial charge in [0.25, 0.3) is 0 Å². The number of fused-ring (bicyclic) bond motifs is 3. The van der Waals surface area contributed by atoms with Gasteiger partial charge in [-0.2, -0.15) is 0 Å². The number of aromatic nitrogens is 2. The predicted octanol–water partition coefficient (Wildman–Crippen LogP) is 7.65. The molecule has 3 rings (SSSR count). The maximum absolute atomic E-state index is 4.83. The van der Waals surface area contributed by atoms with Crippen LogP contribution in [0.25, 0.3) is 21.8 Å². The van der Waals surface area contributed by atoms with E-state index in [1.54, 1.807) is 11.1 Å². The molecule has 0 spiro atoms. The highest BCUT2D eigenvalue weighted by atomic mass is 14.7. The standard InChI is InChI=1S/C26H36N2/c1-5-7-9-11-13-21-22(14-12-10-8-6-2)24-16-20(4)18-28-26(24)25-23(21)15-19(3)17-27-25/h15-18H,5-14H2,1-4H3. The Hall–Kier alpha value is -1.96. The number of benzene rings is 1. The van der Waals surface area contributed by atoms with Gasteiger partial charge in [-0.05, 0) is 73.9 Å². The van der Waals surface area contributed by atoms with E-state index in [1.165, 1.54) is 73.3 Å². The van der Waals surface area contributed by atoms with Crippen LogP contribution < -0.4 is 0 Å². The van der Waals surface area contributed by atoms with Crippen LogP contribution in [0.4, 0.5) is 0 Å². The summed E-state index contributed by atoms with van der Waals surface area (Å²) < 4.78 is 0. The zero-order valence-electron chi connectivity index (χ0n) is 18.3. The first kappa shape index (κ1) is 20.8. The van der Waals surface area contributed by atoms with E-state index in [4.69, 9.17) is 9.97 Å². The van der Waals surface area contributed by atoms with Crippen molar-refractivity contribution in [3.05, 3.63) is 46.8 Å². The summed E-state index contributed by atoms with van der Waals surface area (Å²) in [4.78, 5) is 9.66. The third-order valence-corrected chi connectivity index (χ3v) is 5.85. The van der Waals surface area contributed by atoms with E-state index in [0.29, 0.717) is 0 Å². The fourth-order valence-electron chi connectivity index (χ4n) is 4.33. The Morgan fingerprint density at radius 2 is 1.04 bits per heavy atom. The molecule has 0 bridgehead atoms. The third kappa shape index (κ3) is 4.71. The molecule has 2 heterocycles. The zero-order chi connectivity index (χ0) is 19.9. The molecule has 28 heavy (non-hydrogen) atoms. The quantitative estimate of drug-likeness (QED) is 0.268. The largest absolute Gasteiger partial charge is 0.254 e. The van der Waals surface area contributed by atoms with Gasteiger partial charge in [-0.1, -0.05) is 52.4 Å². The highest BCUT2D eigenvalue weighted by molar-refractivity contribution is 6.06. The second kappa shape index (κ2) is 10.0. The summed E-state index contributed by atoms with van der Waals surface area (Å²) in [6.45, 7) is 8.88. The molecule has 0 unspecified atom stereocenters. The fraction of sp³-hybridized carbons (Fsp3) is 0.538. The molecular formula is C26H36N2. The average Bonchev–Trinajstić information content (AvgIpc) is 2.69. The van der Waals surface area contributed by atoms with Crippen LogP contribution in [0.15, 0.2) is 24.5 Å². The van der Waals surface area contributed by atoms with Crippen LogP contribution in [0.3, 0.4) is 0 Å². The number of aryl methyl sites for hydroxylation is 4. The molecule has 2 nitrogen and oxygen atoms in total. The van der Waals surface area contributed by atoms with Gasteiger partial charge in [-0.3, -0.25) is 9.97 Å². The van der Waals surface area contributed by atoms with E-state index < -0.39 is 0 Å². The van der Waals surface area contributed by atoms with Crippen LogP contribution in [-0.4, -0.2) is 9.97 Å². The van der Waals surface area contributed by atoms with E-state index in [9.17, 15) is 0 Å². The molecule has 0 aliphatic rings. The second-order valence-electron chi connectivity index (χ2n) is 8.40. The Bertz CT molecular complexity index is 850. The fourth-order valence-corrected chi connectivity index (χ4v) is 4.33. The van der Waals surface area contributed by atoms with Crippen LogP contribution >= 0.6 is 0 Å². The van der Waals surface area contributed by atoms with Gasteiger partial charge in [0.1, 0.15) is 0 Å². The molecule has 150 valence electrons. The van der Waals surface area contributed by atoms with Crippen LogP contribution in [-0.2, 0) is 12.8 Å². The Balaban J connectivity index is 2.14. The van der Waals surface area contributed by atoms with Gasteiger partial charge in [0.15, 0.2) is 0 Å². The molecule has 0 amide bonds. The average molecular weight is 377 g/mol. The first-order chi connectivity index (χ1) is 13.7. The first-order valence-corrected chi connectivity index (χ1v) is 11.3. The van der Waals surface area contributed by atoms with Crippen molar-refractivity contribution in [3.8, 4) is 0 Å². The van der Waals surface area contributed by atoms with Crippen molar-refractivity contribution in [3.63, 3.8) is 0 Å². The number of pyridine rings is 2. The smallest absolute Gasteiger partial charge is 0.0967 e. The summed E-state index contributed by atoms with van der Waals surface area (Å²) in [6, 6.07) is 4.68. The maximum Gasteiger partial charge on any atom is 0.0967 e. The third-order valence-electron chi connectivity index (χ3n) is 5.85. The lowest BCUT2D eigenvalue weighted by atomic mass is 9.89. The predicted molar refractivity (Wildman–Crippen MR) is 122 cm³/mol. The lowest BCUT2D eigenvalue weighted by molar-refractivity contribution is 0.653. The van der Waals surface area contributed by atoms with Crippen LogP contribution in [0, 0.1) is 13.8 Å². The maximum atomic E-state index is 4.83. The molecule has 0 saturated carbocycles. The SMILES string of the molecule is CCCCCCc1c(CCCCCC)c2cc(C)cnc2c2ncc(C)cc12. The van der Waals surface area contributed by atoms with Gasteiger partial charge in [-0.15, -0.1) is 0 Å². The molecule has 1 aromatic carbocycles. The van der Waals surface area contributed by atoms with Gasteiger partial charge < -0.3 is 0 Å². The van der Waals surface area contributed by atoms with Crippen LogP contribution in [0.2, 0.25) is 0 Å². The molecule has 0 atom stereocenters. The molecular weight excluding hydrogens is 340 g/mol. The summed E-state index contributed by atoms with van der Waals surface area (Å²) in [5, 5.41) is 2.68. The minimum absolute atomic E-state index is 1.09. The monoisotopic (exact) mass is 376 g/mol. The molecule has 3 aromatic rings. The molecule has 2 heteroatoms. The number of hydrogen-bond acceptors (Lipinski definition) is 2. The Morgan fingerprint density at radius 1 is 0.607 bits per heavy atom. The molecule has 0 aliphatic heterocycles. The molecule has 2 aromatic heterocycles. The van der Waals surface area contributed by atoms with Gasteiger partial charge in [0, 0.05) is 23.2 Å². The lowest BCUT2D eigenvalue weighted by Gasteiger charge is -2.18. The van der Waals surface area contributed by atoms with Crippen molar-refractivity contribution in [2.75, 3.05) is 0 Å². The van der Waals surface area contributed by atoms with Gasteiger partial charge in [0.2, 0.25) is 0 Å². The number of unbranched alkanes of at least 4 members (excludes halogenated alkanes) is 6. The van der Waals surface area contributed by atoms with Crippen LogP contribution in [0.1, 0.15) is 87.5 Å². The van der Waals surface area contributed by atoms with Crippen molar-refractivity contribution in [1.82, 2.24) is 9.97 Å². The summed E-state index contributed by atoms with van der Waals surface area (Å²) in [7, 11) is 0. The van der Waals surface area contributed by atoms with Crippen molar-refractivity contribution in [2.24, 2.45) is 0 Å². The summed E-state index contributed by atoms with van der Waals surface area (Å²) in [5.41, 5.74) is 7.74. The molecule has 0 radical (unpaired) electrons. The second-order valence-corrected chi connectivity index (χ2v) is 8.40. The summed E-state index contributed by atoms with van der Waals surface area (Å²) in [5.74, 6) is 0. The minimum Gasteiger partial charge on any atom is -0.254 e. The number of rotatable bonds is 10. The van der Waals surface area contributed by atoms with E-state index in [0.717, 1.165) is 23.9 Å². The van der Waals surface area contributed by atoms with Crippen LogP contribution in [0.5, 0.6) is 0 Å². The van der Waals surface area contributed by atoms with Crippen molar-refractivity contribution in [2.45, 2.75) is 91.9 Å². The number of nitrogens with zero attached hydrogens (tertiary/aromatic N) is 2. The van der Waals surface area contributed by atoms with Gasteiger partial charge in [-0.25, -0.2) is 0 Å². The zero-order valence-corrected chi connectivity index (χ0v) is 18.3. The molecule has 0 aliphatic carbocycles. The van der Waals surface area contributed by atoms with Gasteiger partial charge in [0.05, 0.1) is 11.0 Å². The molecule has 0 fully saturated rings. The van der Waals surface area contributed by atoms with E-state index >= 15 is 0 Å².